The lowest BCUT2D eigenvalue weighted by atomic mass is 10.3. The smallest absolute Gasteiger partial charge is 0.245 e. The molecule has 1 saturated heterocycles. The zero-order chi connectivity index (χ0) is 15.7. The first-order valence-corrected chi connectivity index (χ1v) is 9.61. The van der Waals surface area contributed by atoms with Crippen LogP contribution in [0.4, 0.5) is 5.82 Å². The van der Waals surface area contributed by atoms with Gasteiger partial charge in [-0.1, -0.05) is 29.3 Å². The summed E-state index contributed by atoms with van der Waals surface area (Å²) in [5.74, 6) is 0.858. The Hall–Kier alpha value is -0.860. The van der Waals surface area contributed by atoms with Gasteiger partial charge < -0.3 is 4.90 Å². The molecule has 0 bridgehead atoms. The van der Waals surface area contributed by atoms with Crippen molar-refractivity contribution < 1.29 is 8.42 Å². The molecule has 5 nitrogen and oxygen atoms in total. The summed E-state index contributed by atoms with van der Waals surface area (Å²) in [6, 6.07) is 7.10. The first-order valence-electron chi connectivity index (χ1n) is 6.59. The summed E-state index contributed by atoms with van der Waals surface area (Å²) in [7, 11) is -3.60. The third-order valence-electron chi connectivity index (χ3n) is 3.46. The highest BCUT2D eigenvalue weighted by Crippen LogP contribution is 2.36. The van der Waals surface area contributed by atoms with Gasteiger partial charge in [0.1, 0.15) is 15.0 Å². The fourth-order valence-electron chi connectivity index (χ4n) is 2.34. The van der Waals surface area contributed by atoms with Gasteiger partial charge in [-0.2, -0.15) is 4.31 Å². The highest BCUT2D eigenvalue weighted by molar-refractivity contribution is 7.89. The van der Waals surface area contributed by atoms with Crippen LogP contribution >= 0.6 is 34.5 Å². The number of nitrogens with zero attached hydrogens (tertiary/aromatic N) is 3. The second-order valence-corrected chi connectivity index (χ2v) is 8.96. The second-order valence-electron chi connectivity index (χ2n) is 4.77. The Morgan fingerprint density at radius 2 is 1.86 bits per heavy atom. The van der Waals surface area contributed by atoms with Gasteiger partial charge in [0.25, 0.3) is 0 Å². The van der Waals surface area contributed by atoms with Gasteiger partial charge in [0.05, 0.1) is 4.34 Å². The van der Waals surface area contributed by atoms with Gasteiger partial charge in [0.15, 0.2) is 0 Å². The lowest BCUT2D eigenvalue weighted by Gasteiger charge is -2.34. The maximum absolute atomic E-state index is 12.6. The van der Waals surface area contributed by atoms with Crippen LogP contribution < -0.4 is 4.90 Å². The lowest BCUT2D eigenvalue weighted by Crippen LogP contribution is -2.48. The standard InChI is InChI=1S/C13H13Cl2N3O2S2/c14-11-9-10(13(15)21-11)22(19,20)18-7-5-17(6-8-18)12-3-1-2-4-16-12/h1-4,9H,5-8H2. The molecule has 2 aromatic rings. The highest BCUT2D eigenvalue weighted by Gasteiger charge is 2.31. The minimum absolute atomic E-state index is 0.0930. The van der Waals surface area contributed by atoms with E-state index in [-0.39, 0.29) is 9.23 Å². The molecule has 1 aliphatic rings. The number of aromatic nitrogens is 1. The number of thiophene rings is 1. The predicted molar refractivity (Wildman–Crippen MR) is 89.5 cm³/mol. The Morgan fingerprint density at radius 3 is 2.41 bits per heavy atom. The second kappa shape index (κ2) is 6.33. The summed E-state index contributed by atoms with van der Waals surface area (Å²) in [4.78, 5) is 6.44. The molecule has 3 heterocycles. The van der Waals surface area contributed by atoms with E-state index in [0.717, 1.165) is 17.2 Å². The van der Waals surface area contributed by atoms with E-state index in [1.165, 1.54) is 10.4 Å². The fraction of sp³-hybridized carbons (Fsp3) is 0.308. The normalized spacial score (nSPS) is 16.9. The molecule has 118 valence electrons. The predicted octanol–water partition coefficient (Wildman–Crippen LogP) is 2.96. The van der Waals surface area contributed by atoms with Gasteiger partial charge in [0.2, 0.25) is 10.0 Å². The average Bonchev–Trinajstić information content (AvgIpc) is 2.88. The average molecular weight is 378 g/mol. The third-order valence-corrected chi connectivity index (χ3v) is 7.11. The number of rotatable bonds is 3. The van der Waals surface area contributed by atoms with Crippen LogP contribution in [0, 0.1) is 0 Å². The highest BCUT2D eigenvalue weighted by atomic mass is 35.5. The molecule has 9 heteroatoms. The summed E-state index contributed by atoms with van der Waals surface area (Å²) in [6.45, 7) is 1.96. The van der Waals surface area contributed by atoms with Crippen LogP contribution in [0.2, 0.25) is 8.67 Å². The minimum Gasteiger partial charge on any atom is -0.354 e. The Bertz CT molecular complexity index is 757. The quantitative estimate of drug-likeness (QED) is 0.824. The van der Waals surface area contributed by atoms with Crippen LogP contribution in [0.1, 0.15) is 0 Å². The van der Waals surface area contributed by atoms with Crippen LogP contribution in [-0.4, -0.2) is 43.9 Å². The van der Waals surface area contributed by atoms with E-state index in [0.29, 0.717) is 30.5 Å². The SMILES string of the molecule is O=S(=O)(c1cc(Cl)sc1Cl)N1CCN(c2ccccn2)CC1. The molecular weight excluding hydrogens is 365 g/mol. The molecule has 0 unspecified atom stereocenters. The number of pyridine rings is 1. The molecule has 3 rings (SSSR count). The molecule has 0 atom stereocenters. The number of sulfonamides is 1. The summed E-state index contributed by atoms with van der Waals surface area (Å²) in [6.07, 6.45) is 1.73. The van der Waals surface area contributed by atoms with Crippen LogP contribution in [0.15, 0.2) is 35.4 Å². The minimum atomic E-state index is -3.60. The Balaban J connectivity index is 1.75. The van der Waals surface area contributed by atoms with Crippen molar-refractivity contribution in [1.29, 1.82) is 0 Å². The van der Waals surface area contributed by atoms with E-state index < -0.39 is 10.0 Å². The molecule has 1 fully saturated rings. The molecule has 0 spiro atoms. The number of piperazine rings is 1. The van der Waals surface area contributed by atoms with Crippen molar-refractivity contribution in [3.05, 3.63) is 39.1 Å². The van der Waals surface area contributed by atoms with Gasteiger partial charge in [0, 0.05) is 32.4 Å². The summed E-state index contributed by atoms with van der Waals surface area (Å²) >= 11 is 12.9. The van der Waals surface area contributed by atoms with Gasteiger partial charge in [-0.3, -0.25) is 0 Å². The van der Waals surface area contributed by atoms with Gasteiger partial charge in [-0.15, -0.1) is 11.3 Å². The summed E-state index contributed by atoms with van der Waals surface area (Å²) < 4.78 is 27.3. The monoisotopic (exact) mass is 377 g/mol. The molecule has 0 aliphatic carbocycles. The van der Waals surface area contributed by atoms with Crippen LogP contribution in [0.25, 0.3) is 0 Å². The van der Waals surface area contributed by atoms with E-state index in [2.05, 4.69) is 9.88 Å². The van der Waals surface area contributed by atoms with Gasteiger partial charge in [-0.05, 0) is 18.2 Å². The molecule has 0 saturated carbocycles. The first-order chi connectivity index (χ1) is 10.5. The largest absolute Gasteiger partial charge is 0.354 e. The molecular formula is C13H13Cl2N3O2S2. The van der Waals surface area contributed by atoms with Crippen LogP contribution in [-0.2, 0) is 10.0 Å². The maximum Gasteiger partial charge on any atom is 0.245 e. The first kappa shape index (κ1) is 16.0. The van der Waals surface area contributed by atoms with E-state index in [1.54, 1.807) is 6.20 Å². The topological polar surface area (TPSA) is 53.5 Å². The van der Waals surface area contributed by atoms with Crippen LogP contribution in [0.3, 0.4) is 0 Å². The molecule has 22 heavy (non-hydrogen) atoms. The molecule has 0 aromatic carbocycles. The zero-order valence-corrected chi connectivity index (χ0v) is 14.6. The van der Waals surface area contributed by atoms with E-state index in [9.17, 15) is 8.42 Å². The van der Waals surface area contributed by atoms with E-state index in [4.69, 9.17) is 23.2 Å². The summed E-state index contributed by atoms with van der Waals surface area (Å²) in [5, 5.41) is 0. The van der Waals surface area contributed by atoms with Crippen molar-refractivity contribution in [3.63, 3.8) is 0 Å². The van der Waals surface area contributed by atoms with Crippen molar-refractivity contribution in [2.45, 2.75) is 4.90 Å². The van der Waals surface area contributed by atoms with Crippen molar-refractivity contribution in [3.8, 4) is 0 Å². The fourth-order valence-corrected chi connectivity index (χ4v) is 5.87. The zero-order valence-electron chi connectivity index (χ0n) is 11.4. The number of halogens is 2. The summed E-state index contributed by atoms with van der Waals surface area (Å²) in [5.41, 5.74) is 0. The van der Waals surface area contributed by atoms with E-state index >= 15 is 0 Å². The maximum atomic E-state index is 12.6. The molecule has 0 radical (unpaired) electrons. The lowest BCUT2D eigenvalue weighted by molar-refractivity contribution is 0.384. The number of hydrogen-bond donors (Lipinski definition) is 0. The van der Waals surface area contributed by atoms with Gasteiger partial charge >= 0.3 is 0 Å². The molecule has 0 amide bonds. The Morgan fingerprint density at radius 1 is 1.14 bits per heavy atom. The van der Waals surface area contributed by atoms with Crippen LogP contribution in [0.5, 0.6) is 0 Å². The Kier molecular flexibility index (Phi) is 4.61. The molecule has 0 N–H and O–H groups in total. The number of anilines is 1. The van der Waals surface area contributed by atoms with Crippen molar-refractivity contribution in [2.24, 2.45) is 0 Å². The van der Waals surface area contributed by atoms with Crippen molar-refractivity contribution in [2.75, 3.05) is 31.1 Å². The van der Waals surface area contributed by atoms with E-state index in [1.807, 2.05) is 18.2 Å². The van der Waals surface area contributed by atoms with Crippen molar-refractivity contribution >= 4 is 50.4 Å². The molecule has 2 aromatic heterocycles. The molecule has 1 aliphatic heterocycles. The third kappa shape index (κ3) is 3.09. The Labute approximate surface area is 143 Å². The van der Waals surface area contributed by atoms with Crippen molar-refractivity contribution in [1.82, 2.24) is 9.29 Å². The number of hydrogen-bond acceptors (Lipinski definition) is 5. The van der Waals surface area contributed by atoms with Gasteiger partial charge in [-0.25, -0.2) is 13.4 Å².